The molecule has 0 radical (unpaired) electrons. The Morgan fingerprint density at radius 2 is 2.53 bits per heavy atom. The Morgan fingerprint density at radius 3 is 3.07 bits per heavy atom. The van der Waals surface area contributed by atoms with Crippen LogP contribution in [0.5, 0.6) is 0 Å². The lowest BCUT2D eigenvalue weighted by Crippen LogP contribution is -2.30. The second-order valence-corrected chi connectivity index (χ2v) is 5.47. The van der Waals surface area contributed by atoms with Gasteiger partial charge in [0, 0.05) is 0 Å². The highest BCUT2D eigenvalue weighted by atomic mass is 32.1. The molecule has 1 spiro atoms. The van der Waals surface area contributed by atoms with Crippen LogP contribution in [-0.2, 0) is 11.3 Å². The number of hydrogen-bond acceptors (Lipinski definition) is 4. The molecule has 1 aromatic rings. The summed E-state index contributed by atoms with van der Waals surface area (Å²) in [6.07, 6.45) is 5.25. The molecule has 3 rings (SSSR count). The first kappa shape index (κ1) is 9.54. The summed E-state index contributed by atoms with van der Waals surface area (Å²) in [5.41, 5.74) is 2.06. The fourth-order valence-electron chi connectivity index (χ4n) is 2.59. The highest BCUT2D eigenvalue weighted by Crippen LogP contribution is 2.49. The van der Waals surface area contributed by atoms with Gasteiger partial charge >= 0.3 is 4.87 Å². The van der Waals surface area contributed by atoms with Gasteiger partial charge in [0.05, 0.1) is 19.3 Å². The normalized spacial score (nSPS) is 28.1. The van der Waals surface area contributed by atoms with Crippen molar-refractivity contribution in [2.75, 3.05) is 6.61 Å². The monoisotopic (exact) mass is 226 g/mol. The van der Waals surface area contributed by atoms with Crippen LogP contribution in [0.15, 0.2) is 10.3 Å². The first-order valence-corrected chi connectivity index (χ1v) is 6.28. The van der Waals surface area contributed by atoms with E-state index < -0.39 is 0 Å². The average molecular weight is 226 g/mol. The van der Waals surface area contributed by atoms with E-state index in [0.717, 1.165) is 24.4 Å². The van der Waals surface area contributed by atoms with Gasteiger partial charge in [-0.05, 0) is 24.7 Å². The maximum Gasteiger partial charge on any atom is 0.324 e. The summed E-state index contributed by atoms with van der Waals surface area (Å²) in [6, 6.07) is 0. The molecule has 1 aliphatic heterocycles. The number of aromatic nitrogens is 2. The standard InChI is InChI=1S/C10H14N2O2S/c13-9-12(11-7-15-9)5-8-4-10(6-14-8)2-1-3-10/h7-8H,1-6H2. The summed E-state index contributed by atoms with van der Waals surface area (Å²) < 4.78 is 7.26. The quantitative estimate of drug-likeness (QED) is 0.762. The molecule has 2 fully saturated rings. The van der Waals surface area contributed by atoms with E-state index in [0.29, 0.717) is 12.0 Å². The molecule has 1 aromatic heterocycles. The minimum atomic E-state index is 0.0214. The van der Waals surface area contributed by atoms with E-state index in [9.17, 15) is 4.79 Å². The molecule has 0 bridgehead atoms. The van der Waals surface area contributed by atoms with Gasteiger partial charge in [0.2, 0.25) is 0 Å². The van der Waals surface area contributed by atoms with Crippen LogP contribution in [0, 0.1) is 5.41 Å². The molecular weight excluding hydrogens is 212 g/mol. The van der Waals surface area contributed by atoms with Crippen LogP contribution >= 0.6 is 11.3 Å². The van der Waals surface area contributed by atoms with Gasteiger partial charge in [-0.25, -0.2) is 4.68 Å². The Labute approximate surface area is 91.9 Å². The van der Waals surface area contributed by atoms with Gasteiger partial charge in [-0.1, -0.05) is 17.8 Å². The zero-order chi connectivity index (χ0) is 10.3. The number of rotatable bonds is 2. The number of nitrogens with zero attached hydrogens (tertiary/aromatic N) is 2. The summed E-state index contributed by atoms with van der Waals surface area (Å²) in [5.74, 6) is 0. The molecule has 1 saturated heterocycles. The predicted molar refractivity (Wildman–Crippen MR) is 57.0 cm³/mol. The lowest BCUT2D eigenvalue weighted by molar-refractivity contribution is 0.0614. The van der Waals surface area contributed by atoms with Crippen molar-refractivity contribution in [3.05, 3.63) is 15.2 Å². The fraction of sp³-hybridized carbons (Fsp3) is 0.800. The van der Waals surface area contributed by atoms with Crippen LogP contribution in [0.2, 0.25) is 0 Å². The number of ether oxygens (including phenoxy) is 1. The summed E-state index contributed by atoms with van der Waals surface area (Å²) >= 11 is 1.15. The Hall–Kier alpha value is -0.680. The topological polar surface area (TPSA) is 44.1 Å². The van der Waals surface area contributed by atoms with Crippen LogP contribution < -0.4 is 4.87 Å². The first-order valence-electron chi connectivity index (χ1n) is 5.40. The number of hydrogen-bond donors (Lipinski definition) is 0. The predicted octanol–water partition coefficient (Wildman–Crippen LogP) is 1.26. The van der Waals surface area contributed by atoms with E-state index in [1.807, 2.05) is 0 Å². The zero-order valence-electron chi connectivity index (χ0n) is 8.52. The SMILES string of the molecule is O=c1scnn1CC1CC2(CCC2)CO1. The van der Waals surface area contributed by atoms with E-state index in [1.165, 1.54) is 23.9 Å². The van der Waals surface area contributed by atoms with Gasteiger partial charge in [-0.3, -0.25) is 4.79 Å². The van der Waals surface area contributed by atoms with Crippen molar-refractivity contribution in [1.29, 1.82) is 0 Å². The molecule has 2 heterocycles. The van der Waals surface area contributed by atoms with Gasteiger partial charge in [0.1, 0.15) is 5.51 Å². The van der Waals surface area contributed by atoms with Gasteiger partial charge in [-0.15, -0.1) is 0 Å². The highest BCUT2D eigenvalue weighted by molar-refractivity contribution is 7.06. The largest absolute Gasteiger partial charge is 0.376 e. The van der Waals surface area contributed by atoms with Gasteiger partial charge < -0.3 is 4.74 Å². The molecule has 0 aromatic carbocycles. The van der Waals surface area contributed by atoms with Crippen molar-refractivity contribution in [2.45, 2.75) is 38.3 Å². The first-order chi connectivity index (χ1) is 7.27. The van der Waals surface area contributed by atoms with Crippen LogP contribution in [0.3, 0.4) is 0 Å². The van der Waals surface area contributed by atoms with Gasteiger partial charge in [0.15, 0.2) is 0 Å². The maximum absolute atomic E-state index is 11.3. The Bertz CT molecular complexity index is 408. The molecule has 1 atom stereocenters. The fourth-order valence-corrected chi connectivity index (χ4v) is 3.08. The van der Waals surface area contributed by atoms with Crippen LogP contribution in [0.1, 0.15) is 25.7 Å². The van der Waals surface area contributed by atoms with Crippen molar-refractivity contribution in [3.8, 4) is 0 Å². The van der Waals surface area contributed by atoms with E-state index in [1.54, 1.807) is 5.51 Å². The van der Waals surface area contributed by atoms with E-state index in [2.05, 4.69) is 5.10 Å². The second-order valence-electron chi connectivity index (χ2n) is 4.68. The smallest absolute Gasteiger partial charge is 0.324 e. The van der Waals surface area contributed by atoms with Gasteiger partial charge in [0.25, 0.3) is 0 Å². The van der Waals surface area contributed by atoms with E-state index in [-0.39, 0.29) is 11.0 Å². The molecule has 1 unspecified atom stereocenters. The molecule has 5 heteroatoms. The third-order valence-corrected chi connectivity index (χ3v) is 4.24. The highest BCUT2D eigenvalue weighted by Gasteiger charge is 2.44. The maximum atomic E-state index is 11.3. The Morgan fingerprint density at radius 1 is 1.67 bits per heavy atom. The molecule has 82 valence electrons. The van der Waals surface area contributed by atoms with Crippen LogP contribution in [0.4, 0.5) is 0 Å². The zero-order valence-corrected chi connectivity index (χ0v) is 9.33. The third-order valence-electron chi connectivity index (χ3n) is 3.63. The van der Waals surface area contributed by atoms with Crippen molar-refractivity contribution in [3.63, 3.8) is 0 Å². The minimum absolute atomic E-state index is 0.0214. The molecule has 15 heavy (non-hydrogen) atoms. The summed E-state index contributed by atoms with van der Waals surface area (Å²) in [6.45, 7) is 1.51. The molecule has 4 nitrogen and oxygen atoms in total. The molecule has 2 aliphatic rings. The lowest BCUT2D eigenvalue weighted by Gasteiger charge is -2.36. The summed E-state index contributed by atoms with van der Waals surface area (Å²) in [7, 11) is 0. The third kappa shape index (κ3) is 1.63. The molecule has 0 amide bonds. The minimum Gasteiger partial charge on any atom is -0.376 e. The molecular formula is C10H14N2O2S. The summed E-state index contributed by atoms with van der Waals surface area (Å²) in [5, 5.41) is 4.01. The Balaban J connectivity index is 1.66. The molecule has 1 saturated carbocycles. The second kappa shape index (κ2) is 3.42. The van der Waals surface area contributed by atoms with Crippen molar-refractivity contribution < 1.29 is 4.74 Å². The van der Waals surface area contributed by atoms with Gasteiger partial charge in [-0.2, -0.15) is 5.10 Å². The lowest BCUT2D eigenvalue weighted by atomic mass is 9.68. The Kier molecular flexibility index (Phi) is 2.17. The van der Waals surface area contributed by atoms with E-state index in [4.69, 9.17) is 4.74 Å². The van der Waals surface area contributed by atoms with Crippen molar-refractivity contribution in [1.82, 2.24) is 9.78 Å². The molecule has 1 aliphatic carbocycles. The average Bonchev–Trinajstić information content (AvgIpc) is 2.74. The van der Waals surface area contributed by atoms with Crippen LogP contribution in [0.25, 0.3) is 0 Å². The van der Waals surface area contributed by atoms with E-state index >= 15 is 0 Å². The molecule has 0 N–H and O–H groups in total. The van der Waals surface area contributed by atoms with Crippen molar-refractivity contribution >= 4 is 11.3 Å². The van der Waals surface area contributed by atoms with Crippen molar-refractivity contribution in [2.24, 2.45) is 5.41 Å². The van der Waals surface area contributed by atoms with Crippen LogP contribution in [-0.4, -0.2) is 22.5 Å². The summed E-state index contributed by atoms with van der Waals surface area (Å²) in [4.78, 5) is 11.3.